The quantitative estimate of drug-likeness (QED) is 0.749. The SMILES string of the molecule is CC(O)C1CNc2cc(Cl)ccc2O1. The van der Waals surface area contributed by atoms with Crippen LogP contribution in [0, 0.1) is 0 Å². The summed E-state index contributed by atoms with van der Waals surface area (Å²) < 4.78 is 5.58. The molecule has 1 heterocycles. The third-order valence-corrected chi connectivity index (χ3v) is 2.49. The number of nitrogens with one attached hydrogen (secondary N) is 1. The van der Waals surface area contributed by atoms with Crippen LogP contribution in [-0.4, -0.2) is 23.9 Å². The molecule has 2 N–H and O–H groups in total. The fraction of sp³-hybridized carbons (Fsp3) is 0.400. The van der Waals surface area contributed by atoms with E-state index in [4.69, 9.17) is 16.3 Å². The Morgan fingerprint density at radius 1 is 1.64 bits per heavy atom. The first-order chi connectivity index (χ1) is 6.66. The molecule has 2 rings (SSSR count). The molecule has 14 heavy (non-hydrogen) atoms. The standard InChI is InChI=1S/C10H12ClNO2/c1-6(13)10-5-12-8-4-7(11)2-3-9(8)14-10/h2-4,6,10,12-13H,5H2,1H3. The van der Waals surface area contributed by atoms with E-state index < -0.39 is 6.10 Å². The summed E-state index contributed by atoms with van der Waals surface area (Å²) in [6.45, 7) is 2.32. The van der Waals surface area contributed by atoms with Crippen LogP contribution in [0.5, 0.6) is 5.75 Å². The van der Waals surface area contributed by atoms with Gasteiger partial charge >= 0.3 is 0 Å². The Hall–Kier alpha value is -0.930. The highest BCUT2D eigenvalue weighted by atomic mass is 35.5. The third-order valence-electron chi connectivity index (χ3n) is 2.25. The van der Waals surface area contributed by atoms with Gasteiger partial charge in [0, 0.05) is 5.02 Å². The number of anilines is 1. The number of benzene rings is 1. The molecule has 0 saturated carbocycles. The average Bonchev–Trinajstić information content (AvgIpc) is 2.16. The maximum Gasteiger partial charge on any atom is 0.143 e. The molecule has 0 aromatic heterocycles. The van der Waals surface area contributed by atoms with Crippen molar-refractivity contribution in [2.24, 2.45) is 0 Å². The molecule has 0 amide bonds. The van der Waals surface area contributed by atoms with Crippen LogP contribution in [0.3, 0.4) is 0 Å². The molecule has 0 spiro atoms. The molecule has 3 nitrogen and oxygen atoms in total. The second-order valence-electron chi connectivity index (χ2n) is 3.42. The van der Waals surface area contributed by atoms with E-state index in [2.05, 4.69) is 5.32 Å². The van der Waals surface area contributed by atoms with Crippen molar-refractivity contribution in [3.63, 3.8) is 0 Å². The number of hydrogen-bond donors (Lipinski definition) is 2. The van der Waals surface area contributed by atoms with Gasteiger partial charge in [0.05, 0.1) is 18.3 Å². The zero-order valence-electron chi connectivity index (χ0n) is 7.83. The summed E-state index contributed by atoms with van der Waals surface area (Å²) in [5.74, 6) is 0.742. The first kappa shape index (κ1) is 9.62. The molecule has 0 bridgehead atoms. The van der Waals surface area contributed by atoms with Crippen molar-refractivity contribution in [3.05, 3.63) is 23.2 Å². The summed E-state index contributed by atoms with van der Waals surface area (Å²) in [5.41, 5.74) is 0.884. The van der Waals surface area contributed by atoms with Crippen LogP contribution in [0.1, 0.15) is 6.92 Å². The first-order valence-corrected chi connectivity index (χ1v) is 4.93. The molecule has 2 unspecified atom stereocenters. The minimum absolute atomic E-state index is 0.191. The lowest BCUT2D eigenvalue weighted by Gasteiger charge is -2.29. The summed E-state index contributed by atoms with van der Waals surface area (Å²) in [7, 11) is 0. The average molecular weight is 214 g/mol. The summed E-state index contributed by atoms with van der Waals surface area (Å²) in [6.07, 6.45) is -0.671. The molecule has 1 aliphatic rings. The zero-order valence-corrected chi connectivity index (χ0v) is 8.58. The van der Waals surface area contributed by atoms with E-state index in [1.165, 1.54) is 0 Å². The van der Waals surface area contributed by atoms with E-state index in [1.54, 1.807) is 19.1 Å². The molecular formula is C10H12ClNO2. The van der Waals surface area contributed by atoms with Crippen LogP contribution in [-0.2, 0) is 0 Å². The number of aliphatic hydroxyl groups is 1. The second kappa shape index (κ2) is 3.67. The third kappa shape index (κ3) is 1.79. The minimum atomic E-state index is -0.480. The molecule has 1 aliphatic heterocycles. The molecule has 0 saturated heterocycles. The van der Waals surface area contributed by atoms with Crippen LogP contribution >= 0.6 is 11.6 Å². The smallest absolute Gasteiger partial charge is 0.143 e. The van der Waals surface area contributed by atoms with Crippen molar-refractivity contribution in [2.45, 2.75) is 19.1 Å². The number of aliphatic hydroxyl groups excluding tert-OH is 1. The Balaban J connectivity index is 2.23. The Bertz CT molecular complexity index is 341. The predicted molar refractivity (Wildman–Crippen MR) is 56.0 cm³/mol. The van der Waals surface area contributed by atoms with Crippen LogP contribution in [0.2, 0.25) is 5.02 Å². The summed E-state index contributed by atoms with van der Waals surface area (Å²) >= 11 is 5.83. The van der Waals surface area contributed by atoms with Crippen LogP contribution in [0.4, 0.5) is 5.69 Å². The maximum absolute atomic E-state index is 9.37. The molecule has 4 heteroatoms. The van der Waals surface area contributed by atoms with Gasteiger partial charge in [0.2, 0.25) is 0 Å². The number of hydrogen-bond acceptors (Lipinski definition) is 3. The first-order valence-electron chi connectivity index (χ1n) is 4.55. The lowest BCUT2D eigenvalue weighted by molar-refractivity contribution is 0.0530. The molecule has 1 aromatic carbocycles. The van der Waals surface area contributed by atoms with Gasteiger partial charge in [-0.25, -0.2) is 0 Å². The normalized spacial score (nSPS) is 21.8. The van der Waals surface area contributed by atoms with Gasteiger partial charge in [0.1, 0.15) is 11.9 Å². The fourth-order valence-corrected chi connectivity index (χ4v) is 1.60. The molecule has 0 aliphatic carbocycles. The van der Waals surface area contributed by atoms with E-state index in [0.29, 0.717) is 11.6 Å². The fourth-order valence-electron chi connectivity index (χ4n) is 1.43. The highest BCUT2D eigenvalue weighted by Crippen LogP contribution is 2.31. The van der Waals surface area contributed by atoms with Gasteiger partial charge in [-0.2, -0.15) is 0 Å². The molecule has 76 valence electrons. The summed E-state index contributed by atoms with van der Waals surface area (Å²) in [5, 5.41) is 13.2. The molecule has 0 fully saturated rings. The Kier molecular flexibility index (Phi) is 2.52. The van der Waals surface area contributed by atoms with Crippen molar-refractivity contribution >= 4 is 17.3 Å². The minimum Gasteiger partial charge on any atom is -0.484 e. The Labute approximate surface area is 87.6 Å². The largest absolute Gasteiger partial charge is 0.484 e. The molecule has 1 aromatic rings. The topological polar surface area (TPSA) is 41.5 Å². The van der Waals surface area contributed by atoms with Crippen molar-refractivity contribution in [1.82, 2.24) is 0 Å². The summed E-state index contributed by atoms with van der Waals surface area (Å²) in [6, 6.07) is 5.39. The van der Waals surface area contributed by atoms with E-state index in [0.717, 1.165) is 11.4 Å². The Morgan fingerprint density at radius 3 is 3.14 bits per heavy atom. The maximum atomic E-state index is 9.37. The van der Waals surface area contributed by atoms with Crippen LogP contribution in [0.25, 0.3) is 0 Å². The number of halogens is 1. The van der Waals surface area contributed by atoms with Gasteiger partial charge in [-0.05, 0) is 25.1 Å². The van der Waals surface area contributed by atoms with Gasteiger partial charge in [-0.3, -0.25) is 0 Å². The van der Waals surface area contributed by atoms with Crippen molar-refractivity contribution in [3.8, 4) is 5.75 Å². The van der Waals surface area contributed by atoms with Gasteiger partial charge < -0.3 is 15.2 Å². The van der Waals surface area contributed by atoms with Gasteiger partial charge in [-0.1, -0.05) is 11.6 Å². The second-order valence-corrected chi connectivity index (χ2v) is 3.85. The van der Waals surface area contributed by atoms with Gasteiger partial charge in [-0.15, -0.1) is 0 Å². The number of rotatable bonds is 1. The number of ether oxygens (including phenoxy) is 1. The van der Waals surface area contributed by atoms with E-state index >= 15 is 0 Å². The summed E-state index contributed by atoms with van der Waals surface area (Å²) in [4.78, 5) is 0. The van der Waals surface area contributed by atoms with E-state index in [-0.39, 0.29) is 6.10 Å². The lowest BCUT2D eigenvalue weighted by atomic mass is 10.1. The Morgan fingerprint density at radius 2 is 2.43 bits per heavy atom. The lowest BCUT2D eigenvalue weighted by Crippen LogP contribution is -2.39. The van der Waals surface area contributed by atoms with E-state index in [1.807, 2.05) is 6.07 Å². The van der Waals surface area contributed by atoms with E-state index in [9.17, 15) is 5.11 Å². The zero-order chi connectivity index (χ0) is 10.1. The van der Waals surface area contributed by atoms with Crippen LogP contribution < -0.4 is 10.1 Å². The monoisotopic (exact) mass is 213 g/mol. The van der Waals surface area contributed by atoms with Gasteiger partial charge in [0.15, 0.2) is 0 Å². The molecule has 0 radical (unpaired) electrons. The molecular weight excluding hydrogens is 202 g/mol. The predicted octanol–water partition coefficient (Wildman–Crippen LogP) is 1.89. The number of fused-ring (bicyclic) bond motifs is 1. The van der Waals surface area contributed by atoms with Gasteiger partial charge in [0.25, 0.3) is 0 Å². The highest BCUT2D eigenvalue weighted by molar-refractivity contribution is 6.30. The molecule has 2 atom stereocenters. The van der Waals surface area contributed by atoms with Crippen molar-refractivity contribution < 1.29 is 9.84 Å². The van der Waals surface area contributed by atoms with Crippen molar-refractivity contribution in [1.29, 1.82) is 0 Å². The van der Waals surface area contributed by atoms with Crippen LogP contribution in [0.15, 0.2) is 18.2 Å². The highest BCUT2D eigenvalue weighted by Gasteiger charge is 2.22. The van der Waals surface area contributed by atoms with Crippen molar-refractivity contribution in [2.75, 3.05) is 11.9 Å².